The van der Waals surface area contributed by atoms with Crippen LogP contribution in [0.1, 0.15) is 10.4 Å². The van der Waals surface area contributed by atoms with Crippen LogP contribution in [0.15, 0.2) is 42.7 Å². The number of amides is 1. The Balaban J connectivity index is 2.29. The summed E-state index contributed by atoms with van der Waals surface area (Å²) in [7, 11) is 1.60. The van der Waals surface area contributed by atoms with E-state index in [4.69, 9.17) is 11.6 Å². The van der Waals surface area contributed by atoms with Crippen LogP contribution in [0.25, 0.3) is 0 Å². The molecule has 0 radical (unpaired) electrons. The molecule has 0 bridgehead atoms. The molecule has 0 fully saturated rings. The van der Waals surface area contributed by atoms with E-state index >= 15 is 0 Å². The molecule has 0 unspecified atom stereocenters. The molecular weight excluding hydrogens is 255 g/mol. The second kappa shape index (κ2) is 5.14. The third kappa shape index (κ3) is 2.49. The van der Waals surface area contributed by atoms with Gasteiger partial charge in [-0.3, -0.25) is 9.78 Å². The Kier molecular flexibility index (Phi) is 3.58. The summed E-state index contributed by atoms with van der Waals surface area (Å²) in [5.41, 5.74) is 0.896. The summed E-state index contributed by atoms with van der Waals surface area (Å²) in [5.74, 6) is -0.640. The van der Waals surface area contributed by atoms with Gasteiger partial charge in [0, 0.05) is 25.1 Å². The van der Waals surface area contributed by atoms with Crippen LogP contribution >= 0.6 is 11.6 Å². The second-order valence-electron chi connectivity index (χ2n) is 3.70. The van der Waals surface area contributed by atoms with Crippen molar-refractivity contribution < 1.29 is 9.18 Å². The van der Waals surface area contributed by atoms with E-state index in [0.29, 0.717) is 16.3 Å². The molecule has 5 heteroatoms. The minimum atomic E-state index is -0.348. The van der Waals surface area contributed by atoms with Crippen molar-refractivity contribution in [3.63, 3.8) is 0 Å². The number of anilines is 1. The Morgan fingerprint density at radius 2 is 1.94 bits per heavy atom. The fraction of sp³-hybridized carbons (Fsp3) is 0.0769. The number of rotatable bonds is 2. The molecule has 92 valence electrons. The number of pyridine rings is 1. The van der Waals surface area contributed by atoms with Crippen molar-refractivity contribution in [1.82, 2.24) is 4.98 Å². The molecule has 0 atom stereocenters. The summed E-state index contributed by atoms with van der Waals surface area (Å²) < 4.78 is 12.8. The number of carbonyl (C=O) groups is 1. The SMILES string of the molecule is CN(C(=O)c1cnccc1Cl)c1ccc(F)cc1. The average molecular weight is 265 g/mol. The van der Waals surface area contributed by atoms with Crippen LogP contribution in [-0.2, 0) is 0 Å². The zero-order chi connectivity index (χ0) is 13.1. The number of nitrogens with zero attached hydrogens (tertiary/aromatic N) is 2. The maximum absolute atomic E-state index is 12.8. The molecular formula is C13H10ClFN2O. The lowest BCUT2D eigenvalue weighted by molar-refractivity contribution is 0.0993. The van der Waals surface area contributed by atoms with E-state index in [9.17, 15) is 9.18 Å². The first kappa shape index (κ1) is 12.5. The summed E-state index contributed by atoms with van der Waals surface area (Å²) in [6, 6.07) is 7.19. The quantitative estimate of drug-likeness (QED) is 0.835. The third-order valence-corrected chi connectivity index (χ3v) is 2.85. The molecule has 1 heterocycles. The first-order valence-corrected chi connectivity index (χ1v) is 5.60. The summed E-state index contributed by atoms with van der Waals surface area (Å²) >= 11 is 5.93. The fourth-order valence-electron chi connectivity index (χ4n) is 1.50. The van der Waals surface area contributed by atoms with Crippen molar-refractivity contribution in [1.29, 1.82) is 0 Å². The molecule has 0 N–H and O–H groups in total. The lowest BCUT2D eigenvalue weighted by Crippen LogP contribution is -2.26. The van der Waals surface area contributed by atoms with Gasteiger partial charge in [-0.2, -0.15) is 0 Å². The second-order valence-corrected chi connectivity index (χ2v) is 4.10. The molecule has 0 aliphatic heterocycles. The highest BCUT2D eigenvalue weighted by Crippen LogP contribution is 2.20. The maximum atomic E-state index is 12.8. The Bertz CT molecular complexity index is 571. The van der Waals surface area contributed by atoms with Gasteiger partial charge in [0.25, 0.3) is 5.91 Å². The molecule has 2 aromatic rings. The lowest BCUT2D eigenvalue weighted by atomic mass is 10.2. The predicted molar refractivity (Wildman–Crippen MR) is 68.4 cm³/mol. The third-order valence-electron chi connectivity index (χ3n) is 2.52. The zero-order valence-corrected chi connectivity index (χ0v) is 10.4. The standard InChI is InChI=1S/C13H10ClFN2O/c1-17(10-4-2-9(15)3-5-10)13(18)11-8-16-7-6-12(11)14/h2-8H,1H3. The molecule has 0 aliphatic rings. The summed E-state index contributed by atoms with van der Waals surface area (Å²) in [5, 5.41) is 0.337. The highest BCUT2D eigenvalue weighted by atomic mass is 35.5. The molecule has 1 aromatic heterocycles. The molecule has 2 rings (SSSR count). The van der Waals surface area contributed by atoms with E-state index in [0.717, 1.165) is 0 Å². The Morgan fingerprint density at radius 3 is 2.56 bits per heavy atom. The van der Waals surface area contributed by atoms with E-state index in [2.05, 4.69) is 4.98 Å². The van der Waals surface area contributed by atoms with Crippen LogP contribution < -0.4 is 4.90 Å². The molecule has 0 spiro atoms. The number of carbonyl (C=O) groups excluding carboxylic acids is 1. The van der Waals surface area contributed by atoms with Crippen molar-refractivity contribution in [2.75, 3.05) is 11.9 Å². The highest BCUT2D eigenvalue weighted by Gasteiger charge is 2.16. The molecule has 3 nitrogen and oxygen atoms in total. The molecule has 1 amide bonds. The number of hydrogen-bond donors (Lipinski definition) is 0. The van der Waals surface area contributed by atoms with Gasteiger partial charge in [-0.25, -0.2) is 4.39 Å². The van der Waals surface area contributed by atoms with E-state index < -0.39 is 0 Å². The summed E-state index contributed by atoms with van der Waals surface area (Å²) in [6.07, 6.45) is 2.92. The van der Waals surface area contributed by atoms with Crippen LogP contribution in [0.3, 0.4) is 0 Å². The van der Waals surface area contributed by atoms with Crippen LogP contribution in [-0.4, -0.2) is 17.9 Å². The predicted octanol–water partition coefficient (Wildman–Crippen LogP) is 3.15. The normalized spacial score (nSPS) is 10.2. The molecule has 0 saturated carbocycles. The van der Waals surface area contributed by atoms with Gasteiger partial charge >= 0.3 is 0 Å². The number of halogens is 2. The lowest BCUT2D eigenvalue weighted by Gasteiger charge is -2.17. The minimum Gasteiger partial charge on any atom is -0.311 e. The number of hydrogen-bond acceptors (Lipinski definition) is 2. The molecule has 0 saturated heterocycles. The average Bonchev–Trinajstić information content (AvgIpc) is 2.38. The van der Waals surface area contributed by atoms with Crippen molar-refractivity contribution in [2.24, 2.45) is 0 Å². The smallest absolute Gasteiger partial charge is 0.261 e. The zero-order valence-electron chi connectivity index (χ0n) is 9.60. The fourth-order valence-corrected chi connectivity index (χ4v) is 1.68. The van der Waals surface area contributed by atoms with Gasteiger partial charge in [0.05, 0.1) is 10.6 Å². The monoisotopic (exact) mass is 264 g/mol. The first-order valence-electron chi connectivity index (χ1n) is 5.22. The molecule has 0 aliphatic carbocycles. The van der Waals surface area contributed by atoms with Gasteiger partial charge in [-0.15, -0.1) is 0 Å². The first-order chi connectivity index (χ1) is 8.59. The van der Waals surface area contributed by atoms with Gasteiger partial charge in [0.15, 0.2) is 0 Å². The van der Waals surface area contributed by atoms with Crippen LogP contribution in [0.4, 0.5) is 10.1 Å². The maximum Gasteiger partial charge on any atom is 0.261 e. The van der Waals surface area contributed by atoms with Crippen molar-refractivity contribution in [3.8, 4) is 0 Å². The number of aromatic nitrogens is 1. The van der Waals surface area contributed by atoms with Crippen molar-refractivity contribution >= 4 is 23.2 Å². The van der Waals surface area contributed by atoms with E-state index in [1.54, 1.807) is 13.1 Å². The molecule has 18 heavy (non-hydrogen) atoms. The largest absolute Gasteiger partial charge is 0.311 e. The molecule has 1 aromatic carbocycles. The topological polar surface area (TPSA) is 33.2 Å². The minimum absolute atomic E-state index is 0.292. The van der Waals surface area contributed by atoms with Crippen LogP contribution in [0, 0.1) is 5.82 Å². The highest BCUT2D eigenvalue weighted by molar-refractivity contribution is 6.34. The number of benzene rings is 1. The van der Waals surface area contributed by atoms with Gasteiger partial charge < -0.3 is 4.90 Å². The van der Waals surface area contributed by atoms with Crippen molar-refractivity contribution in [3.05, 3.63) is 59.1 Å². The summed E-state index contributed by atoms with van der Waals surface area (Å²) in [4.78, 5) is 17.4. The van der Waals surface area contributed by atoms with E-state index in [1.807, 2.05) is 0 Å². The Labute approximate surface area is 109 Å². The van der Waals surface area contributed by atoms with Gasteiger partial charge in [0.1, 0.15) is 5.82 Å². The van der Waals surface area contributed by atoms with E-state index in [1.165, 1.54) is 41.6 Å². The van der Waals surface area contributed by atoms with Crippen molar-refractivity contribution in [2.45, 2.75) is 0 Å². The van der Waals surface area contributed by atoms with Gasteiger partial charge in [0.2, 0.25) is 0 Å². The van der Waals surface area contributed by atoms with Crippen LogP contribution in [0.2, 0.25) is 5.02 Å². The van der Waals surface area contributed by atoms with Crippen LogP contribution in [0.5, 0.6) is 0 Å². The summed E-state index contributed by atoms with van der Waals surface area (Å²) in [6.45, 7) is 0. The Morgan fingerprint density at radius 1 is 1.28 bits per heavy atom. The van der Waals surface area contributed by atoms with E-state index in [-0.39, 0.29) is 11.7 Å². The van der Waals surface area contributed by atoms with Gasteiger partial charge in [-0.1, -0.05) is 11.6 Å². The van der Waals surface area contributed by atoms with Gasteiger partial charge in [-0.05, 0) is 30.3 Å². The Hall–Kier alpha value is -1.94.